The zero-order valence-corrected chi connectivity index (χ0v) is 24.6. The van der Waals surface area contributed by atoms with Gasteiger partial charge in [-0.25, -0.2) is 0 Å². The summed E-state index contributed by atoms with van der Waals surface area (Å²) in [6.07, 6.45) is 3.89. The molecule has 216 valence electrons. The molecule has 4 aliphatic rings. The molecule has 0 aromatic rings. The number of likely N-dealkylation sites (tertiary alicyclic amines) is 1. The van der Waals surface area contributed by atoms with Gasteiger partial charge in [0.15, 0.2) is 5.78 Å². The number of rotatable bonds is 10. The number of amides is 3. The summed E-state index contributed by atoms with van der Waals surface area (Å²) in [6, 6.07) is 0.853. The minimum Gasteiger partial charge on any atom is -0.378 e. The van der Waals surface area contributed by atoms with E-state index in [0.29, 0.717) is 25.9 Å². The van der Waals surface area contributed by atoms with Gasteiger partial charge in [-0.05, 0) is 54.8 Å². The molecule has 2 saturated heterocycles. The molecule has 4 rings (SSSR count). The molecule has 2 aliphatic carbocycles. The average molecular weight is 543 g/mol. The third-order valence-corrected chi connectivity index (χ3v) is 10.3. The molecule has 2 saturated carbocycles. The second-order valence-corrected chi connectivity index (χ2v) is 14.1. The van der Waals surface area contributed by atoms with Crippen molar-refractivity contribution in [3.63, 3.8) is 0 Å². The van der Waals surface area contributed by atoms with Crippen molar-refractivity contribution >= 4 is 23.5 Å². The molecule has 0 radical (unpaired) electrons. The van der Waals surface area contributed by atoms with E-state index in [2.05, 4.69) is 30.6 Å². The van der Waals surface area contributed by atoms with Crippen LogP contribution in [0.4, 0.5) is 0 Å². The van der Waals surface area contributed by atoms with Crippen molar-refractivity contribution in [1.82, 2.24) is 15.5 Å². The summed E-state index contributed by atoms with van der Waals surface area (Å²) in [7, 11) is 1.63. The first-order valence-corrected chi connectivity index (χ1v) is 14.5. The van der Waals surface area contributed by atoms with Crippen molar-refractivity contribution in [2.24, 2.45) is 40.4 Å². The average Bonchev–Trinajstić information content (AvgIpc) is 3.19. The zero-order valence-electron chi connectivity index (χ0n) is 24.6. The molecule has 3 amide bonds. The molecule has 4 fully saturated rings. The van der Waals surface area contributed by atoms with E-state index >= 15 is 0 Å². The largest absolute Gasteiger partial charge is 0.378 e. The standard InChI is InChI=1S/C30H46N4O5/c1-17(19(15-31)13-18-9-12-32-26(18)37)24(36)23-22-20(29(22,5)6)16-34(23)27(38)25(28(2,3)4)33-21(35)14-30(39-7)10-8-11-30/h17-20,22-23,25H,8-14,16H2,1-7H3,(H,32,37)(H,33,35)/t17?,18-,19-,20?,22-,23-,25+/m0/s1. The van der Waals surface area contributed by atoms with Crippen molar-refractivity contribution in [1.29, 1.82) is 5.26 Å². The van der Waals surface area contributed by atoms with Crippen molar-refractivity contribution in [2.45, 2.75) is 97.8 Å². The van der Waals surface area contributed by atoms with Gasteiger partial charge in [0.1, 0.15) is 6.04 Å². The van der Waals surface area contributed by atoms with E-state index in [4.69, 9.17) is 4.74 Å². The number of nitrogens with one attached hydrogen (secondary N) is 2. The molecule has 2 aliphatic heterocycles. The van der Waals surface area contributed by atoms with Crippen LogP contribution >= 0.6 is 0 Å². The van der Waals surface area contributed by atoms with E-state index in [1.54, 1.807) is 18.9 Å². The van der Waals surface area contributed by atoms with E-state index in [9.17, 15) is 24.4 Å². The second-order valence-electron chi connectivity index (χ2n) is 14.1. The Hall–Kier alpha value is -2.47. The highest BCUT2D eigenvalue weighted by molar-refractivity contribution is 5.96. The van der Waals surface area contributed by atoms with Crippen molar-refractivity contribution in [2.75, 3.05) is 20.2 Å². The number of nitrogens with zero attached hydrogens (tertiary/aromatic N) is 2. The van der Waals surface area contributed by atoms with Gasteiger partial charge in [0.05, 0.1) is 30.1 Å². The summed E-state index contributed by atoms with van der Waals surface area (Å²) in [5, 5.41) is 15.8. The van der Waals surface area contributed by atoms with Gasteiger partial charge in [-0.3, -0.25) is 19.2 Å². The van der Waals surface area contributed by atoms with Crippen molar-refractivity contribution in [3.8, 4) is 6.07 Å². The lowest BCUT2D eigenvalue weighted by Gasteiger charge is -2.41. The van der Waals surface area contributed by atoms with Gasteiger partial charge >= 0.3 is 0 Å². The van der Waals surface area contributed by atoms with E-state index in [1.807, 2.05) is 20.8 Å². The summed E-state index contributed by atoms with van der Waals surface area (Å²) in [6.45, 7) is 12.8. The van der Waals surface area contributed by atoms with E-state index in [-0.39, 0.29) is 53.1 Å². The highest BCUT2D eigenvalue weighted by Crippen LogP contribution is 2.65. The number of piperidine rings is 1. The molecule has 2 N–H and O–H groups in total. The maximum absolute atomic E-state index is 14.1. The smallest absolute Gasteiger partial charge is 0.246 e. The lowest BCUT2D eigenvalue weighted by Crippen LogP contribution is -2.59. The van der Waals surface area contributed by atoms with Gasteiger partial charge in [-0.2, -0.15) is 5.26 Å². The summed E-state index contributed by atoms with van der Waals surface area (Å²) < 4.78 is 5.62. The molecule has 2 heterocycles. The first-order valence-electron chi connectivity index (χ1n) is 14.5. The molecule has 0 bridgehead atoms. The Bertz CT molecular complexity index is 1050. The van der Waals surface area contributed by atoms with Crippen LogP contribution < -0.4 is 10.6 Å². The number of ether oxygens (including phenoxy) is 1. The lowest BCUT2D eigenvalue weighted by molar-refractivity contribution is -0.148. The minimum atomic E-state index is -0.792. The van der Waals surface area contributed by atoms with Crippen molar-refractivity contribution in [3.05, 3.63) is 0 Å². The topological polar surface area (TPSA) is 129 Å². The Labute approximate surface area is 232 Å². The highest BCUT2D eigenvalue weighted by Gasteiger charge is 2.70. The fourth-order valence-electron chi connectivity index (χ4n) is 7.20. The van der Waals surface area contributed by atoms with Crippen LogP contribution in [0.2, 0.25) is 0 Å². The van der Waals surface area contributed by atoms with Gasteiger partial charge in [0.25, 0.3) is 0 Å². The third-order valence-electron chi connectivity index (χ3n) is 10.3. The van der Waals surface area contributed by atoms with Crippen LogP contribution in [0.3, 0.4) is 0 Å². The molecule has 0 aromatic carbocycles. The van der Waals surface area contributed by atoms with E-state index in [0.717, 1.165) is 19.3 Å². The van der Waals surface area contributed by atoms with Gasteiger partial charge < -0.3 is 20.3 Å². The third kappa shape index (κ3) is 5.46. The molecule has 0 spiro atoms. The molecule has 0 aromatic heterocycles. The SMILES string of the molecule is COC1(CC(=O)N[C@H](C(=O)N2CC3[C@@H]([C@H]2C(=O)C(C)[C@H](C#N)C[C@@H]2CCNC2=O)C3(C)C)C(C)(C)C)CCC1. The number of hydrogen-bond acceptors (Lipinski definition) is 6. The summed E-state index contributed by atoms with van der Waals surface area (Å²) >= 11 is 0. The monoisotopic (exact) mass is 542 g/mol. The van der Waals surface area contributed by atoms with Crippen LogP contribution in [-0.2, 0) is 23.9 Å². The normalized spacial score (nSPS) is 30.7. The fourth-order valence-corrected chi connectivity index (χ4v) is 7.20. The Kier molecular flexibility index (Phi) is 7.94. The first-order chi connectivity index (χ1) is 18.2. The van der Waals surface area contributed by atoms with Crippen LogP contribution in [0.1, 0.15) is 80.1 Å². The Morgan fingerprint density at radius 1 is 1.26 bits per heavy atom. The zero-order chi connectivity index (χ0) is 28.9. The predicted octanol–water partition coefficient (Wildman–Crippen LogP) is 2.83. The molecule has 39 heavy (non-hydrogen) atoms. The van der Waals surface area contributed by atoms with E-state index in [1.165, 1.54) is 0 Å². The quantitative estimate of drug-likeness (QED) is 0.437. The molecular weight excluding hydrogens is 496 g/mol. The van der Waals surface area contributed by atoms with Crippen LogP contribution in [0.5, 0.6) is 0 Å². The van der Waals surface area contributed by atoms with Crippen LogP contribution in [0.15, 0.2) is 0 Å². The number of carbonyl (C=O) groups is 4. The molecule has 7 atom stereocenters. The number of nitriles is 1. The van der Waals surface area contributed by atoms with Crippen molar-refractivity contribution < 1.29 is 23.9 Å². The second kappa shape index (κ2) is 10.5. The number of carbonyl (C=O) groups excluding carboxylic acids is 4. The maximum Gasteiger partial charge on any atom is 0.246 e. The number of ketones is 1. The lowest BCUT2D eigenvalue weighted by atomic mass is 9.77. The van der Waals surface area contributed by atoms with Crippen LogP contribution in [0.25, 0.3) is 0 Å². The summed E-state index contributed by atoms with van der Waals surface area (Å²) in [5.74, 6) is -1.88. The number of methoxy groups -OCH3 is 1. The fraction of sp³-hybridized carbons (Fsp3) is 0.833. The molecule has 9 nitrogen and oxygen atoms in total. The first kappa shape index (κ1) is 29.5. The minimum absolute atomic E-state index is 0.0218. The van der Waals surface area contributed by atoms with Gasteiger partial charge in [-0.15, -0.1) is 0 Å². The van der Waals surface area contributed by atoms with Gasteiger partial charge in [0, 0.05) is 32.0 Å². The van der Waals surface area contributed by atoms with Gasteiger partial charge in [0.2, 0.25) is 17.7 Å². The van der Waals surface area contributed by atoms with Gasteiger partial charge in [-0.1, -0.05) is 41.5 Å². The summed E-state index contributed by atoms with van der Waals surface area (Å²) in [4.78, 5) is 55.1. The number of hydrogen-bond donors (Lipinski definition) is 2. The number of Topliss-reactive ketones (excluding diaryl/α,β-unsaturated/α-hetero) is 1. The molecule has 9 heteroatoms. The Morgan fingerprint density at radius 3 is 2.41 bits per heavy atom. The van der Waals surface area contributed by atoms with Crippen LogP contribution in [-0.4, -0.2) is 66.3 Å². The summed E-state index contributed by atoms with van der Waals surface area (Å²) in [5.41, 5.74) is -1.09. The molecular formula is C30H46N4O5. The number of fused-ring (bicyclic) bond motifs is 1. The Morgan fingerprint density at radius 2 is 1.92 bits per heavy atom. The van der Waals surface area contributed by atoms with E-state index < -0.39 is 34.9 Å². The highest BCUT2D eigenvalue weighted by atomic mass is 16.5. The Balaban J connectivity index is 1.53. The maximum atomic E-state index is 14.1. The molecule has 2 unspecified atom stereocenters. The predicted molar refractivity (Wildman–Crippen MR) is 145 cm³/mol. The van der Waals surface area contributed by atoms with Crippen LogP contribution in [0, 0.1) is 51.8 Å².